The van der Waals surface area contributed by atoms with Gasteiger partial charge in [-0.3, -0.25) is 24.0 Å². The second-order valence-electron chi connectivity index (χ2n) is 13.6. The third kappa shape index (κ3) is 6.02. The van der Waals surface area contributed by atoms with Crippen LogP contribution in [0.25, 0.3) is 0 Å². The number of rotatable bonds is 7. The highest BCUT2D eigenvalue weighted by Crippen LogP contribution is 2.65. The first kappa shape index (κ1) is 31.0. The van der Waals surface area contributed by atoms with Crippen molar-refractivity contribution in [2.24, 2.45) is 34.3 Å². The second kappa shape index (κ2) is 10.4. The number of nitrogens with one attached hydrogen (secondary N) is 3. The van der Waals surface area contributed by atoms with Crippen LogP contribution in [0.5, 0.6) is 0 Å². The summed E-state index contributed by atoms with van der Waals surface area (Å²) < 4.78 is 44.6. The second-order valence-corrected chi connectivity index (χ2v) is 13.6. The average molecular weight is 588 g/mol. The lowest BCUT2D eigenvalue weighted by atomic mass is 9.83. The molecule has 3 heterocycles. The Kier molecular flexibility index (Phi) is 7.89. The Morgan fingerprint density at radius 2 is 1.73 bits per heavy atom. The third-order valence-corrected chi connectivity index (χ3v) is 9.43. The lowest BCUT2D eigenvalue weighted by Crippen LogP contribution is -2.61. The molecule has 41 heavy (non-hydrogen) atoms. The van der Waals surface area contributed by atoms with Crippen molar-refractivity contribution >= 4 is 29.5 Å². The summed E-state index contributed by atoms with van der Waals surface area (Å²) in [4.78, 5) is 65.6. The van der Waals surface area contributed by atoms with E-state index in [4.69, 9.17) is 10.5 Å². The molecule has 14 heteroatoms. The maximum Gasteiger partial charge on any atom is 0.471 e. The molecule has 0 aromatic rings. The smallest absolute Gasteiger partial charge is 0.381 e. The SMILES string of the molecule is CC(C)(C)[C@H](NC(=O)C(F)(F)F)C(=O)N1C[C@H]2[C@@H]([C@H]1C(=O)N[C@@H](C[C@@H]1CC3(CCOCC3)NC1=O)C(N)=O)C2(C)C. The first-order valence-corrected chi connectivity index (χ1v) is 14.0. The fourth-order valence-electron chi connectivity index (χ4n) is 6.89. The van der Waals surface area contributed by atoms with Crippen molar-refractivity contribution in [3.05, 3.63) is 0 Å². The molecule has 0 aromatic heterocycles. The standard InChI is InChI=1S/C27H40F3N5O6/c1-24(2,3)18(33-23(40)27(28,29)30)22(39)35-12-14-16(25(14,4)5)17(35)21(38)32-15(19(31)36)10-13-11-26(34-20(13)37)6-8-41-9-7-26/h13-18H,6-12H2,1-5H3,(H2,31,36)(H,32,38)(H,33,40)(H,34,37)/t13-,14+,15+,16+,17+,18-/m1/s1. The summed E-state index contributed by atoms with van der Waals surface area (Å²) in [5.41, 5.74) is 3.78. The van der Waals surface area contributed by atoms with Gasteiger partial charge in [-0.2, -0.15) is 13.2 Å². The topological polar surface area (TPSA) is 160 Å². The number of amides is 5. The van der Waals surface area contributed by atoms with Crippen LogP contribution in [-0.2, 0) is 28.7 Å². The van der Waals surface area contributed by atoms with Crippen molar-refractivity contribution in [1.82, 2.24) is 20.9 Å². The number of primary amides is 1. The summed E-state index contributed by atoms with van der Waals surface area (Å²) in [6, 6.07) is -3.84. The largest absolute Gasteiger partial charge is 0.471 e. The highest BCUT2D eigenvalue weighted by atomic mass is 19.4. The molecule has 3 aliphatic heterocycles. The fourth-order valence-corrected chi connectivity index (χ4v) is 6.89. The summed E-state index contributed by atoms with van der Waals surface area (Å²) in [7, 11) is 0. The first-order valence-electron chi connectivity index (χ1n) is 14.0. The van der Waals surface area contributed by atoms with Crippen LogP contribution in [0, 0.1) is 28.6 Å². The minimum absolute atomic E-state index is 0.0279. The molecule has 1 aliphatic carbocycles. The number of halogens is 3. The zero-order chi connectivity index (χ0) is 30.7. The van der Waals surface area contributed by atoms with Gasteiger partial charge in [0, 0.05) is 31.2 Å². The van der Waals surface area contributed by atoms with E-state index in [0.717, 1.165) is 0 Å². The normalized spacial score (nSPS) is 29.8. The lowest BCUT2D eigenvalue weighted by Gasteiger charge is -2.38. The summed E-state index contributed by atoms with van der Waals surface area (Å²) in [5, 5.41) is 7.47. The van der Waals surface area contributed by atoms with E-state index in [-0.39, 0.29) is 36.1 Å². The molecule has 6 atom stereocenters. The van der Waals surface area contributed by atoms with E-state index in [0.29, 0.717) is 32.5 Å². The number of likely N-dealkylation sites (tertiary alicyclic amines) is 1. The molecule has 11 nitrogen and oxygen atoms in total. The minimum Gasteiger partial charge on any atom is -0.381 e. The van der Waals surface area contributed by atoms with Gasteiger partial charge in [-0.25, -0.2) is 0 Å². The van der Waals surface area contributed by atoms with Crippen molar-refractivity contribution < 1.29 is 41.9 Å². The van der Waals surface area contributed by atoms with E-state index < -0.39 is 64.8 Å². The Morgan fingerprint density at radius 1 is 1.12 bits per heavy atom. The summed E-state index contributed by atoms with van der Waals surface area (Å²) in [6.45, 7) is 9.53. The van der Waals surface area contributed by atoms with Gasteiger partial charge in [0.25, 0.3) is 0 Å². The summed E-state index contributed by atoms with van der Waals surface area (Å²) in [6.07, 6.45) is -3.48. The molecule has 5 amide bonds. The molecule has 230 valence electrons. The highest BCUT2D eigenvalue weighted by Gasteiger charge is 2.70. The Balaban J connectivity index is 1.52. The lowest BCUT2D eigenvalue weighted by molar-refractivity contribution is -0.176. The van der Waals surface area contributed by atoms with Crippen molar-refractivity contribution in [2.75, 3.05) is 19.8 Å². The van der Waals surface area contributed by atoms with Crippen LogP contribution in [0.4, 0.5) is 13.2 Å². The van der Waals surface area contributed by atoms with Gasteiger partial charge in [-0.05, 0) is 48.3 Å². The molecule has 3 saturated heterocycles. The van der Waals surface area contributed by atoms with Crippen molar-refractivity contribution in [2.45, 2.75) is 90.1 Å². The van der Waals surface area contributed by atoms with Crippen LogP contribution in [0.2, 0.25) is 0 Å². The number of ether oxygens (including phenoxy) is 1. The van der Waals surface area contributed by atoms with Gasteiger partial charge in [0.15, 0.2) is 0 Å². The van der Waals surface area contributed by atoms with Crippen molar-refractivity contribution in [3.63, 3.8) is 0 Å². The number of carbonyl (C=O) groups is 5. The summed E-state index contributed by atoms with van der Waals surface area (Å²) >= 11 is 0. The molecular formula is C27H40F3N5O6. The molecule has 0 bridgehead atoms. The number of nitrogens with two attached hydrogens (primary N) is 1. The molecule has 1 saturated carbocycles. The zero-order valence-corrected chi connectivity index (χ0v) is 24.0. The predicted octanol–water partition coefficient (Wildman–Crippen LogP) is 0.608. The fraction of sp³-hybridized carbons (Fsp3) is 0.815. The van der Waals surface area contributed by atoms with Crippen LogP contribution in [-0.4, -0.2) is 84.0 Å². The van der Waals surface area contributed by atoms with Crippen molar-refractivity contribution in [3.8, 4) is 0 Å². The number of alkyl halides is 3. The Morgan fingerprint density at radius 3 is 2.27 bits per heavy atom. The molecule has 5 N–H and O–H groups in total. The maximum atomic E-state index is 13.7. The number of carbonyl (C=O) groups excluding carboxylic acids is 5. The van der Waals surface area contributed by atoms with Gasteiger partial charge >= 0.3 is 12.1 Å². The quantitative estimate of drug-likeness (QED) is 0.342. The third-order valence-electron chi connectivity index (χ3n) is 9.43. The Hall–Kier alpha value is -2.90. The van der Waals surface area contributed by atoms with E-state index in [9.17, 15) is 37.1 Å². The summed E-state index contributed by atoms with van der Waals surface area (Å²) in [5.74, 6) is -5.78. The van der Waals surface area contributed by atoms with E-state index in [1.165, 1.54) is 25.7 Å². The Bertz CT molecular complexity index is 1110. The number of piperidine rings is 1. The van der Waals surface area contributed by atoms with Gasteiger partial charge in [-0.1, -0.05) is 34.6 Å². The first-order chi connectivity index (χ1) is 18.8. The molecule has 4 fully saturated rings. The number of hydrogen-bond acceptors (Lipinski definition) is 6. The van der Waals surface area contributed by atoms with Crippen LogP contribution in [0.1, 0.15) is 60.3 Å². The molecule has 4 aliphatic rings. The Labute approximate surface area is 236 Å². The van der Waals surface area contributed by atoms with E-state index in [1.807, 2.05) is 19.2 Å². The van der Waals surface area contributed by atoms with Gasteiger partial charge in [0.1, 0.15) is 18.1 Å². The van der Waals surface area contributed by atoms with Crippen LogP contribution < -0.4 is 21.7 Å². The molecule has 0 unspecified atom stereocenters. The van der Waals surface area contributed by atoms with E-state index in [1.54, 1.807) is 0 Å². The molecule has 0 aromatic carbocycles. The average Bonchev–Trinajstić information content (AvgIpc) is 3.14. The molecular weight excluding hydrogens is 547 g/mol. The zero-order valence-electron chi connectivity index (χ0n) is 24.0. The van der Waals surface area contributed by atoms with Crippen LogP contribution >= 0.6 is 0 Å². The predicted molar refractivity (Wildman–Crippen MR) is 138 cm³/mol. The molecule has 1 spiro atoms. The number of nitrogens with zero attached hydrogens (tertiary/aromatic N) is 1. The van der Waals surface area contributed by atoms with Gasteiger partial charge in [0.05, 0.1) is 0 Å². The minimum atomic E-state index is -5.19. The highest BCUT2D eigenvalue weighted by molar-refractivity contribution is 5.96. The van der Waals surface area contributed by atoms with Crippen LogP contribution in [0.3, 0.4) is 0 Å². The van der Waals surface area contributed by atoms with E-state index in [2.05, 4.69) is 10.6 Å². The molecule has 4 rings (SSSR count). The van der Waals surface area contributed by atoms with Gasteiger partial charge < -0.3 is 31.3 Å². The maximum absolute atomic E-state index is 13.7. The van der Waals surface area contributed by atoms with Gasteiger partial charge in [0.2, 0.25) is 23.6 Å². The monoisotopic (exact) mass is 587 g/mol. The van der Waals surface area contributed by atoms with Crippen molar-refractivity contribution in [1.29, 1.82) is 0 Å². The van der Waals surface area contributed by atoms with Crippen LogP contribution in [0.15, 0.2) is 0 Å². The van der Waals surface area contributed by atoms with Gasteiger partial charge in [-0.15, -0.1) is 0 Å². The molecule has 0 radical (unpaired) electrons. The number of hydrogen-bond donors (Lipinski definition) is 4. The van der Waals surface area contributed by atoms with E-state index >= 15 is 0 Å². The number of fused-ring (bicyclic) bond motifs is 1.